The molecule has 0 saturated carbocycles. The lowest BCUT2D eigenvalue weighted by Gasteiger charge is -2.13. The lowest BCUT2D eigenvalue weighted by Crippen LogP contribution is -2.24. The van der Waals surface area contributed by atoms with Gasteiger partial charge in [0.05, 0.1) is 22.9 Å². The van der Waals surface area contributed by atoms with Crippen molar-refractivity contribution in [2.45, 2.75) is 25.3 Å². The van der Waals surface area contributed by atoms with Gasteiger partial charge in [0.25, 0.3) is 15.9 Å². The van der Waals surface area contributed by atoms with E-state index < -0.39 is 15.9 Å². The van der Waals surface area contributed by atoms with E-state index in [0.29, 0.717) is 11.4 Å². The highest BCUT2D eigenvalue weighted by Crippen LogP contribution is 2.26. The van der Waals surface area contributed by atoms with Crippen molar-refractivity contribution in [3.63, 3.8) is 0 Å². The number of carbonyl (C=O) groups excluding carboxylic acids is 1. The molecule has 0 aliphatic carbocycles. The molecule has 0 aliphatic rings. The van der Waals surface area contributed by atoms with Crippen LogP contribution in [0.3, 0.4) is 0 Å². The molecular weight excluding hydrogens is 410 g/mol. The van der Waals surface area contributed by atoms with E-state index in [1.807, 2.05) is 32.0 Å². The minimum absolute atomic E-state index is 0.0311. The number of sulfonamides is 1. The van der Waals surface area contributed by atoms with E-state index in [-0.39, 0.29) is 22.0 Å². The van der Waals surface area contributed by atoms with Crippen LogP contribution in [0.5, 0.6) is 0 Å². The summed E-state index contributed by atoms with van der Waals surface area (Å²) in [5, 5.41) is 2.75. The number of halogens is 1. The zero-order chi connectivity index (χ0) is 21.0. The van der Waals surface area contributed by atoms with Crippen molar-refractivity contribution >= 4 is 33.2 Å². The van der Waals surface area contributed by atoms with Crippen LogP contribution in [0.4, 0.5) is 5.69 Å². The number of nitrogens with zero attached hydrogens (tertiary/aromatic N) is 1. The Morgan fingerprint density at radius 3 is 2.55 bits per heavy atom. The molecule has 0 spiro atoms. The molecule has 3 aromatic rings. The number of carbonyl (C=O) groups is 1. The second-order valence-corrected chi connectivity index (χ2v) is 8.63. The first-order valence-electron chi connectivity index (χ1n) is 8.84. The number of hydrogen-bond acceptors (Lipinski definition) is 4. The number of aromatic nitrogens is 1. The summed E-state index contributed by atoms with van der Waals surface area (Å²) in [4.78, 5) is 16.4. The molecule has 0 atom stereocenters. The van der Waals surface area contributed by atoms with Gasteiger partial charge in [0.2, 0.25) is 0 Å². The van der Waals surface area contributed by atoms with Crippen LogP contribution in [-0.2, 0) is 16.6 Å². The van der Waals surface area contributed by atoms with Gasteiger partial charge in [0, 0.05) is 11.8 Å². The number of nitrogens with one attached hydrogen (secondary N) is 2. The molecule has 1 heterocycles. The van der Waals surface area contributed by atoms with E-state index in [1.165, 1.54) is 18.2 Å². The second-order valence-electron chi connectivity index (χ2n) is 6.57. The Morgan fingerprint density at radius 2 is 1.86 bits per heavy atom. The third-order valence-electron chi connectivity index (χ3n) is 4.27. The molecule has 29 heavy (non-hydrogen) atoms. The topological polar surface area (TPSA) is 88.2 Å². The zero-order valence-corrected chi connectivity index (χ0v) is 17.5. The minimum atomic E-state index is -3.98. The minimum Gasteiger partial charge on any atom is -0.346 e. The average Bonchev–Trinajstić information content (AvgIpc) is 2.69. The maximum Gasteiger partial charge on any atom is 0.263 e. The molecule has 0 unspecified atom stereocenters. The molecule has 2 N–H and O–H groups in total. The number of anilines is 1. The van der Waals surface area contributed by atoms with Gasteiger partial charge in [-0.15, -0.1) is 0 Å². The highest BCUT2D eigenvalue weighted by molar-refractivity contribution is 7.92. The number of benzene rings is 2. The SMILES string of the molecule is Cc1ccc(NS(=O)(=O)c2cc(C(=O)NCc3ccccn3)ccc2Cl)c(C)c1. The van der Waals surface area contributed by atoms with Crippen molar-refractivity contribution in [1.29, 1.82) is 0 Å². The van der Waals surface area contributed by atoms with Gasteiger partial charge in [-0.3, -0.25) is 14.5 Å². The number of pyridine rings is 1. The molecule has 1 aromatic heterocycles. The Hall–Kier alpha value is -2.90. The van der Waals surface area contributed by atoms with Gasteiger partial charge in [-0.25, -0.2) is 8.42 Å². The molecule has 0 fully saturated rings. The summed E-state index contributed by atoms with van der Waals surface area (Å²) in [6, 6.07) is 14.9. The summed E-state index contributed by atoms with van der Waals surface area (Å²) in [6.07, 6.45) is 1.63. The van der Waals surface area contributed by atoms with Crippen molar-refractivity contribution in [3.05, 3.63) is 88.2 Å². The number of hydrogen-bond donors (Lipinski definition) is 2. The standard InChI is InChI=1S/C21H20ClN3O3S/c1-14-6-9-19(15(2)11-14)25-29(27,28)20-12-16(7-8-18(20)22)21(26)24-13-17-5-3-4-10-23-17/h3-12,25H,13H2,1-2H3,(H,24,26). The fourth-order valence-corrected chi connectivity index (χ4v) is 4.41. The van der Waals surface area contributed by atoms with Crippen molar-refractivity contribution in [2.24, 2.45) is 0 Å². The predicted octanol–water partition coefficient (Wildman–Crippen LogP) is 4.08. The van der Waals surface area contributed by atoms with Crippen LogP contribution in [0.25, 0.3) is 0 Å². The molecule has 0 bridgehead atoms. The van der Waals surface area contributed by atoms with Gasteiger partial charge >= 0.3 is 0 Å². The van der Waals surface area contributed by atoms with E-state index in [2.05, 4.69) is 15.0 Å². The molecule has 8 heteroatoms. The van der Waals surface area contributed by atoms with Crippen LogP contribution in [-0.4, -0.2) is 19.3 Å². The molecule has 0 radical (unpaired) electrons. The quantitative estimate of drug-likeness (QED) is 0.617. The summed E-state index contributed by atoms with van der Waals surface area (Å²) in [5.74, 6) is -0.421. The molecule has 2 aromatic carbocycles. The van der Waals surface area contributed by atoms with Crippen molar-refractivity contribution in [1.82, 2.24) is 10.3 Å². The molecule has 0 saturated heterocycles. The average molecular weight is 430 g/mol. The molecule has 150 valence electrons. The van der Waals surface area contributed by atoms with Gasteiger partial charge in [-0.1, -0.05) is 35.4 Å². The smallest absolute Gasteiger partial charge is 0.263 e. The molecule has 0 aliphatic heterocycles. The van der Waals surface area contributed by atoms with Crippen molar-refractivity contribution in [3.8, 4) is 0 Å². The normalized spacial score (nSPS) is 11.1. The summed E-state index contributed by atoms with van der Waals surface area (Å²) in [6.45, 7) is 3.97. The second kappa shape index (κ2) is 8.63. The Balaban J connectivity index is 1.83. The summed E-state index contributed by atoms with van der Waals surface area (Å²) in [7, 11) is -3.98. The Morgan fingerprint density at radius 1 is 1.07 bits per heavy atom. The third-order valence-corrected chi connectivity index (χ3v) is 6.11. The van der Waals surface area contributed by atoms with Crippen LogP contribution >= 0.6 is 11.6 Å². The van der Waals surface area contributed by atoms with Crippen LogP contribution in [0.1, 0.15) is 27.2 Å². The van der Waals surface area contributed by atoms with Crippen LogP contribution in [0, 0.1) is 13.8 Å². The van der Waals surface area contributed by atoms with Gasteiger partial charge in [-0.05, 0) is 55.8 Å². The lowest BCUT2D eigenvalue weighted by atomic mass is 10.1. The van der Waals surface area contributed by atoms with Crippen LogP contribution in [0.15, 0.2) is 65.7 Å². The van der Waals surface area contributed by atoms with Crippen LogP contribution in [0.2, 0.25) is 5.02 Å². The summed E-state index contributed by atoms with van der Waals surface area (Å²) < 4.78 is 28.3. The van der Waals surface area contributed by atoms with Crippen molar-refractivity contribution < 1.29 is 13.2 Å². The maximum absolute atomic E-state index is 12.9. The first-order chi connectivity index (χ1) is 13.8. The Kier molecular flexibility index (Phi) is 6.20. The molecule has 6 nitrogen and oxygen atoms in total. The van der Waals surface area contributed by atoms with E-state index in [9.17, 15) is 13.2 Å². The van der Waals surface area contributed by atoms with E-state index in [1.54, 1.807) is 24.4 Å². The van der Waals surface area contributed by atoms with Crippen molar-refractivity contribution in [2.75, 3.05) is 4.72 Å². The predicted molar refractivity (Wildman–Crippen MR) is 114 cm³/mol. The first kappa shape index (κ1) is 20.8. The van der Waals surface area contributed by atoms with Crippen LogP contribution < -0.4 is 10.0 Å². The lowest BCUT2D eigenvalue weighted by molar-refractivity contribution is 0.0950. The molecule has 3 rings (SSSR count). The van der Waals surface area contributed by atoms with E-state index in [4.69, 9.17) is 11.6 Å². The highest BCUT2D eigenvalue weighted by Gasteiger charge is 2.21. The number of amides is 1. The monoisotopic (exact) mass is 429 g/mol. The summed E-state index contributed by atoms with van der Waals surface area (Å²) >= 11 is 6.13. The van der Waals surface area contributed by atoms with Gasteiger partial charge in [-0.2, -0.15) is 0 Å². The summed E-state index contributed by atoms with van der Waals surface area (Å²) in [5.41, 5.74) is 3.14. The third kappa shape index (κ3) is 5.13. The van der Waals surface area contributed by atoms with E-state index >= 15 is 0 Å². The number of rotatable bonds is 6. The van der Waals surface area contributed by atoms with Gasteiger partial charge in [0.15, 0.2) is 0 Å². The fourth-order valence-electron chi connectivity index (χ4n) is 2.75. The van der Waals surface area contributed by atoms with E-state index in [0.717, 1.165) is 11.1 Å². The number of aryl methyl sites for hydroxylation is 2. The zero-order valence-electron chi connectivity index (χ0n) is 15.9. The Bertz CT molecular complexity index is 1150. The van der Waals surface area contributed by atoms with Gasteiger partial charge in [0.1, 0.15) is 4.90 Å². The highest BCUT2D eigenvalue weighted by atomic mass is 35.5. The maximum atomic E-state index is 12.9. The van der Waals surface area contributed by atoms with Gasteiger partial charge < -0.3 is 5.32 Å². The Labute approximate surface area is 175 Å². The first-order valence-corrected chi connectivity index (χ1v) is 10.7. The molecular formula is C21H20ClN3O3S. The molecule has 1 amide bonds. The largest absolute Gasteiger partial charge is 0.346 e. The fraction of sp³-hybridized carbons (Fsp3) is 0.143.